The highest BCUT2D eigenvalue weighted by Gasteiger charge is 2.25. The fraction of sp³-hybridized carbons (Fsp3) is 0.846. The van der Waals surface area contributed by atoms with E-state index in [1.807, 2.05) is 0 Å². The minimum absolute atomic E-state index is 0.308. The monoisotopic (exact) mass is 422 g/mol. The van der Waals surface area contributed by atoms with E-state index in [1.165, 1.54) is 38.5 Å². The Morgan fingerprint density at radius 3 is 1.37 bits per heavy atom. The van der Waals surface area contributed by atoms with Crippen LogP contribution in [0, 0.1) is 11.8 Å². The molecule has 1 rings (SSSR count). The quantitative estimate of drug-likeness (QED) is 0.196. The molecule has 1 aliphatic carbocycles. The van der Waals surface area contributed by atoms with Crippen molar-refractivity contribution in [1.82, 2.24) is 0 Å². The predicted octanol–water partition coefficient (Wildman–Crippen LogP) is 7.16. The fourth-order valence-electron chi connectivity index (χ4n) is 3.88. The number of carbonyl (C=O) groups excluding carboxylic acids is 2. The molecule has 30 heavy (non-hydrogen) atoms. The molecular weight excluding hydrogens is 376 g/mol. The molecule has 0 spiro atoms. The Labute approximate surface area is 185 Å². The van der Waals surface area contributed by atoms with Gasteiger partial charge < -0.3 is 9.47 Å². The summed E-state index contributed by atoms with van der Waals surface area (Å²) < 4.78 is 10.9. The Hall–Kier alpha value is -1.32. The summed E-state index contributed by atoms with van der Waals surface area (Å²) in [7, 11) is 0. The first-order valence-corrected chi connectivity index (χ1v) is 12.5. The van der Waals surface area contributed by atoms with Gasteiger partial charge in [-0.2, -0.15) is 0 Å². The van der Waals surface area contributed by atoms with Crippen molar-refractivity contribution in [2.45, 2.75) is 118 Å². The van der Waals surface area contributed by atoms with Crippen molar-refractivity contribution in [3.05, 3.63) is 11.1 Å². The van der Waals surface area contributed by atoms with Gasteiger partial charge in [-0.15, -0.1) is 0 Å². The largest absolute Gasteiger partial charge is 0.462 e. The summed E-state index contributed by atoms with van der Waals surface area (Å²) in [5.74, 6) is 0.892. The van der Waals surface area contributed by atoms with Crippen LogP contribution in [0.25, 0.3) is 0 Å². The number of esters is 2. The molecule has 0 heterocycles. The maximum Gasteiger partial charge on any atom is 0.334 e. The minimum Gasteiger partial charge on any atom is -0.462 e. The molecule has 0 aromatic heterocycles. The molecule has 174 valence electrons. The molecule has 0 amide bonds. The highest BCUT2D eigenvalue weighted by atomic mass is 16.5. The second-order valence-corrected chi connectivity index (χ2v) is 9.63. The van der Waals surface area contributed by atoms with Crippen molar-refractivity contribution in [1.29, 1.82) is 0 Å². The number of ether oxygens (including phenoxy) is 2. The highest BCUT2D eigenvalue weighted by molar-refractivity contribution is 6.00. The first kappa shape index (κ1) is 26.7. The van der Waals surface area contributed by atoms with E-state index in [1.54, 1.807) is 0 Å². The lowest BCUT2D eigenvalue weighted by Gasteiger charge is -2.18. The number of carbonyl (C=O) groups is 2. The molecule has 0 aliphatic heterocycles. The molecular formula is C26H46O4. The van der Waals surface area contributed by atoms with E-state index in [4.69, 9.17) is 9.47 Å². The van der Waals surface area contributed by atoms with Gasteiger partial charge in [-0.05, 0) is 50.4 Å². The Kier molecular flexibility index (Phi) is 14.6. The van der Waals surface area contributed by atoms with Crippen molar-refractivity contribution < 1.29 is 19.1 Å². The van der Waals surface area contributed by atoms with Crippen molar-refractivity contribution >= 4 is 11.9 Å². The molecule has 0 unspecified atom stereocenters. The van der Waals surface area contributed by atoms with Crippen molar-refractivity contribution in [3.8, 4) is 0 Å². The fourth-order valence-corrected chi connectivity index (χ4v) is 3.88. The molecule has 4 nitrogen and oxygen atoms in total. The number of rotatable bonds is 16. The summed E-state index contributed by atoms with van der Waals surface area (Å²) >= 11 is 0. The van der Waals surface area contributed by atoms with Gasteiger partial charge in [-0.25, -0.2) is 9.59 Å². The van der Waals surface area contributed by atoms with Gasteiger partial charge in [0.15, 0.2) is 0 Å². The molecule has 0 radical (unpaired) electrons. The summed E-state index contributed by atoms with van der Waals surface area (Å²) in [5, 5.41) is 0. The second kappa shape index (κ2) is 16.4. The zero-order chi connectivity index (χ0) is 22.2. The number of unbranched alkanes of at least 4 members (excludes halogenated alkanes) is 6. The Balaban J connectivity index is 2.30. The summed E-state index contributed by atoms with van der Waals surface area (Å²) in [6, 6.07) is 0. The average molecular weight is 423 g/mol. The minimum atomic E-state index is -0.308. The van der Waals surface area contributed by atoms with Crippen molar-refractivity contribution in [2.75, 3.05) is 13.2 Å². The third-order valence-corrected chi connectivity index (χ3v) is 5.78. The first-order chi connectivity index (χ1) is 14.4. The topological polar surface area (TPSA) is 52.6 Å². The smallest absolute Gasteiger partial charge is 0.334 e. The van der Waals surface area contributed by atoms with Crippen LogP contribution < -0.4 is 0 Å². The van der Waals surface area contributed by atoms with Crippen LogP contribution in [0.5, 0.6) is 0 Å². The lowest BCUT2D eigenvalue weighted by Crippen LogP contribution is -2.20. The molecule has 0 N–H and O–H groups in total. The maximum absolute atomic E-state index is 12.5. The molecule has 0 saturated carbocycles. The predicted molar refractivity (Wildman–Crippen MR) is 123 cm³/mol. The van der Waals surface area contributed by atoms with Crippen LogP contribution in [-0.4, -0.2) is 25.2 Å². The molecule has 0 aromatic rings. The van der Waals surface area contributed by atoms with Gasteiger partial charge >= 0.3 is 11.9 Å². The third-order valence-electron chi connectivity index (χ3n) is 5.78. The van der Waals surface area contributed by atoms with Crippen LogP contribution in [-0.2, 0) is 19.1 Å². The van der Waals surface area contributed by atoms with Gasteiger partial charge in [0.2, 0.25) is 0 Å². The van der Waals surface area contributed by atoms with E-state index in [0.717, 1.165) is 50.4 Å². The maximum atomic E-state index is 12.5. The Morgan fingerprint density at radius 2 is 1.00 bits per heavy atom. The first-order valence-electron chi connectivity index (χ1n) is 12.5. The van der Waals surface area contributed by atoms with Gasteiger partial charge in [0.05, 0.1) is 13.2 Å². The van der Waals surface area contributed by atoms with Gasteiger partial charge in [0.25, 0.3) is 0 Å². The van der Waals surface area contributed by atoms with E-state index in [0.29, 0.717) is 37.2 Å². The lowest BCUT2D eigenvalue weighted by atomic mass is 9.91. The van der Waals surface area contributed by atoms with Crippen molar-refractivity contribution in [2.24, 2.45) is 11.8 Å². The SMILES string of the molecule is CC(C)CCCCCCOC(=O)C1=C(C(=O)OCCCCCCC(C)C)CCCC1. The summed E-state index contributed by atoms with van der Waals surface area (Å²) in [6.07, 6.45) is 14.5. The molecule has 4 heteroatoms. The third kappa shape index (κ3) is 12.4. The number of hydrogen-bond acceptors (Lipinski definition) is 4. The second-order valence-electron chi connectivity index (χ2n) is 9.63. The van der Waals surface area contributed by atoms with Crippen LogP contribution in [0.3, 0.4) is 0 Å². The molecule has 0 saturated heterocycles. The number of hydrogen-bond donors (Lipinski definition) is 0. The molecule has 0 bridgehead atoms. The summed E-state index contributed by atoms with van der Waals surface area (Å²) in [5.41, 5.74) is 1.12. The standard InChI is InChI=1S/C26H46O4/c1-21(2)15-9-5-7-13-19-29-25(27)23-17-11-12-18-24(23)26(28)30-20-14-8-6-10-16-22(3)4/h21-22H,5-20H2,1-4H3. The zero-order valence-electron chi connectivity index (χ0n) is 20.1. The zero-order valence-corrected chi connectivity index (χ0v) is 20.1. The Bertz CT molecular complexity index is 473. The van der Waals surface area contributed by atoms with E-state index >= 15 is 0 Å². The summed E-state index contributed by atoms with van der Waals surface area (Å²) in [4.78, 5) is 25.0. The van der Waals surface area contributed by atoms with Crippen LogP contribution in [0.1, 0.15) is 118 Å². The lowest BCUT2D eigenvalue weighted by molar-refractivity contribution is -0.143. The Morgan fingerprint density at radius 1 is 0.633 bits per heavy atom. The van der Waals surface area contributed by atoms with Gasteiger partial charge in [0.1, 0.15) is 0 Å². The van der Waals surface area contributed by atoms with E-state index in [-0.39, 0.29) is 11.9 Å². The normalized spacial score (nSPS) is 14.5. The average Bonchev–Trinajstić information content (AvgIpc) is 2.71. The van der Waals surface area contributed by atoms with Crippen LogP contribution in [0.2, 0.25) is 0 Å². The van der Waals surface area contributed by atoms with Crippen molar-refractivity contribution in [3.63, 3.8) is 0 Å². The molecule has 1 aliphatic rings. The van der Waals surface area contributed by atoms with Gasteiger partial charge in [0, 0.05) is 11.1 Å². The van der Waals surface area contributed by atoms with Gasteiger partial charge in [-0.3, -0.25) is 0 Å². The van der Waals surface area contributed by atoms with E-state index < -0.39 is 0 Å². The van der Waals surface area contributed by atoms with Gasteiger partial charge in [-0.1, -0.05) is 79.1 Å². The molecule has 0 aromatic carbocycles. The summed E-state index contributed by atoms with van der Waals surface area (Å²) in [6.45, 7) is 9.88. The van der Waals surface area contributed by atoms with Crippen LogP contribution in [0.4, 0.5) is 0 Å². The van der Waals surface area contributed by atoms with Crippen LogP contribution >= 0.6 is 0 Å². The van der Waals surface area contributed by atoms with Crippen LogP contribution in [0.15, 0.2) is 11.1 Å². The van der Waals surface area contributed by atoms with E-state index in [2.05, 4.69) is 27.7 Å². The highest BCUT2D eigenvalue weighted by Crippen LogP contribution is 2.27. The molecule has 0 fully saturated rings. The molecule has 0 atom stereocenters. The van der Waals surface area contributed by atoms with E-state index in [9.17, 15) is 9.59 Å².